The van der Waals surface area contributed by atoms with Crippen LogP contribution in [0.5, 0.6) is 5.75 Å². The van der Waals surface area contributed by atoms with Gasteiger partial charge in [0.1, 0.15) is 5.75 Å². The first kappa shape index (κ1) is 14.8. The molecule has 1 unspecified atom stereocenters. The highest BCUT2D eigenvalue weighted by molar-refractivity contribution is 5.34. The highest BCUT2D eigenvalue weighted by atomic mass is 19.4. The molecule has 0 aliphatic heterocycles. The average Bonchev–Trinajstić information content (AvgIpc) is 2.22. The van der Waals surface area contributed by atoms with E-state index in [1.165, 1.54) is 12.1 Å². The number of aryl methyl sites for hydroxylation is 2. The number of hydrogen-bond donors (Lipinski definition) is 2. The monoisotopic (exact) mass is 263 g/mol. The summed E-state index contributed by atoms with van der Waals surface area (Å²) in [4.78, 5) is 0. The van der Waals surface area contributed by atoms with Gasteiger partial charge in [0.05, 0.1) is 6.10 Å². The van der Waals surface area contributed by atoms with Crippen LogP contribution < -0.4 is 10.5 Å². The second-order valence-electron chi connectivity index (χ2n) is 4.13. The van der Waals surface area contributed by atoms with Crippen molar-refractivity contribution >= 4 is 0 Å². The van der Waals surface area contributed by atoms with E-state index in [4.69, 9.17) is 5.73 Å². The van der Waals surface area contributed by atoms with Crippen LogP contribution in [0.2, 0.25) is 0 Å². The second-order valence-corrected chi connectivity index (χ2v) is 4.13. The molecule has 0 aromatic heterocycles. The molecule has 3 nitrogen and oxygen atoms in total. The Morgan fingerprint density at radius 2 is 2.00 bits per heavy atom. The number of halogens is 3. The Bertz CT molecular complexity index is 393. The predicted octanol–water partition coefficient (Wildman–Crippen LogP) is 2.15. The summed E-state index contributed by atoms with van der Waals surface area (Å²) < 4.78 is 40.2. The number of benzene rings is 1. The van der Waals surface area contributed by atoms with Gasteiger partial charge in [0.15, 0.2) is 0 Å². The minimum Gasteiger partial charge on any atom is -0.406 e. The summed E-state index contributed by atoms with van der Waals surface area (Å²) in [6.07, 6.45) is -4.47. The zero-order chi connectivity index (χ0) is 13.8. The fourth-order valence-corrected chi connectivity index (χ4v) is 1.61. The zero-order valence-electron chi connectivity index (χ0n) is 10.00. The zero-order valence-corrected chi connectivity index (χ0v) is 10.00. The van der Waals surface area contributed by atoms with Gasteiger partial charge in [-0.3, -0.25) is 0 Å². The first-order valence-electron chi connectivity index (χ1n) is 5.54. The van der Waals surface area contributed by atoms with Gasteiger partial charge in [0.25, 0.3) is 0 Å². The lowest BCUT2D eigenvalue weighted by Gasteiger charge is -2.12. The Balaban J connectivity index is 2.74. The van der Waals surface area contributed by atoms with E-state index in [0.717, 1.165) is 0 Å². The number of alkyl halides is 3. The van der Waals surface area contributed by atoms with Gasteiger partial charge in [-0.2, -0.15) is 0 Å². The van der Waals surface area contributed by atoms with E-state index in [0.29, 0.717) is 24.0 Å². The summed E-state index contributed by atoms with van der Waals surface area (Å²) in [5, 5.41) is 9.31. The molecule has 1 aromatic rings. The number of aliphatic hydroxyl groups excluding tert-OH is 1. The van der Waals surface area contributed by atoms with Gasteiger partial charge < -0.3 is 15.6 Å². The van der Waals surface area contributed by atoms with Gasteiger partial charge in [-0.25, -0.2) is 0 Å². The predicted molar refractivity (Wildman–Crippen MR) is 61.2 cm³/mol. The van der Waals surface area contributed by atoms with E-state index in [-0.39, 0.29) is 12.3 Å². The SMILES string of the molecule is Cc1cc(CCC(O)CN)cc(OC(F)(F)F)c1. The van der Waals surface area contributed by atoms with Crippen LogP contribution >= 0.6 is 0 Å². The molecule has 0 amide bonds. The summed E-state index contributed by atoms with van der Waals surface area (Å²) >= 11 is 0. The summed E-state index contributed by atoms with van der Waals surface area (Å²) in [6, 6.07) is 4.40. The summed E-state index contributed by atoms with van der Waals surface area (Å²) in [6.45, 7) is 1.82. The fraction of sp³-hybridized carbons (Fsp3) is 0.500. The molecule has 18 heavy (non-hydrogen) atoms. The Morgan fingerprint density at radius 3 is 2.56 bits per heavy atom. The molecule has 0 radical (unpaired) electrons. The highest BCUT2D eigenvalue weighted by Gasteiger charge is 2.31. The third-order valence-corrected chi connectivity index (χ3v) is 2.38. The number of hydrogen-bond acceptors (Lipinski definition) is 3. The smallest absolute Gasteiger partial charge is 0.406 e. The molecule has 0 bridgehead atoms. The van der Waals surface area contributed by atoms with Crippen molar-refractivity contribution in [3.05, 3.63) is 29.3 Å². The Kier molecular flexibility index (Phi) is 4.98. The van der Waals surface area contributed by atoms with Crippen molar-refractivity contribution in [1.29, 1.82) is 0 Å². The topological polar surface area (TPSA) is 55.5 Å². The van der Waals surface area contributed by atoms with Crippen molar-refractivity contribution in [2.45, 2.75) is 32.2 Å². The molecule has 0 aliphatic carbocycles. The molecule has 0 aliphatic rings. The van der Waals surface area contributed by atoms with Crippen LogP contribution in [0.25, 0.3) is 0 Å². The molecular formula is C12H16F3NO2. The molecule has 0 saturated carbocycles. The van der Waals surface area contributed by atoms with Crippen LogP contribution in [0, 0.1) is 6.92 Å². The van der Waals surface area contributed by atoms with Crippen LogP contribution in [-0.2, 0) is 6.42 Å². The van der Waals surface area contributed by atoms with Crippen molar-refractivity contribution in [1.82, 2.24) is 0 Å². The maximum Gasteiger partial charge on any atom is 0.573 e. The summed E-state index contributed by atoms with van der Waals surface area (Å²) in [5.74, 6) is -0.236. The van der Waals surface area contributed by atoms with Crippen molar-refractivity contribution in [2.75, 3.05) is 6.54 Å². The highest BCUT2D eigenvalue weighted by Crippen LogP contribution is 2.25. The van der Waals surface area contributed by atoms with Crippen molar-refractivity contribution < 1.29 is 23.0 Å². The quantitative estimate of drug-likeness (QED) is 0.855. The minimum atomic E-state index is -4.69. The summed E-state index contributed by atoms with van der Waals surface area (Å²) in [7, 11) is 0. The van der Waals surface area contributed by atoms with E-state index in [1.807, 2.05) is 0 Å². The van der Waals surface area contributed by atoms with E-state index in [1.54, 1.807) is 13.0 Å². The van der Waals surface area contributed by atoms with Gasteiger partial charge in [-0.1, -0.05) is 6.07 Å². The van der Waals surface area contributed by atoms with Crippen LogP contribution in [-0.4, -0.2) is 24.1 Å². The lowest BCUT2D eigenvalue weighted by Crippen LogP contribution is -2.20. The maximum atomic E-state index is 12.1. The van der Waals surface area contributed by atoms with Crippen LogP contribution in [0.3, 0.4) is 0 Å². The molecular weight excluding hydrogens is 247 g/mol. The Morgan fingerprint density at radius 1 is 1.33 bits per heavy atom. The van der Waals surface area contributed by atoms with Crippen LogP contribution in [0.4, 0.5) is 13.2 Å². The summed E-state index contributed by atoms with van der Waals surface area (Å²) in [5.41, 5.74) is 6.61. The normalized spacial score (nSPS) is 13.4. The third kappa shape index (κ3) is 5.37. The fourth-order valence-electron chi connectivity index (χ4n) is 1.61. The standard InChI is InChI=1S/C12H16F3NO2/c1-8-4-9(2-3-10(17)7-16)6-11(5-8)18-12(13,14)15/h4-6,10,17H,2-3,7,16H2,1H3. The van der Waals surface area contributed by atoms with Crippen molar-refractivity contribution in [3.8, 4) is 5.75 Å². The third-order valence-electron chi connectivity index (χ3n) is 2.38. The van der Waals surface area contributed by atoms with Crippen LogP contribution in [0.15, 0.2) is 18.2 Å². The van der Waals surface area contributed by atoms with Crippen molar-refractivity contribution in [3.63, 3.8) is 0 Å². The first-order valence-corrected chi connectivity index (χ1v) is 5.54. The molecule has 0 saturated heterocycles. The van der Waals surface area contributed by atoms with Gasteiger partial charge >= 0.3 is 6.36 Å². The molecule has 0 heterocycles. The van der Waals surface area contributed by atoms with Crippen LogP contribution in [0.1, 0.15) is 17.5 Å². The van der Waals surface area contributed by atoms with Gasteiger partial charge in [-0.05, 0) is 43.0 Å². The van der Waals surface area contributed by atoms with Gasteiger partial charge in [0, 0.05) is 6.54 Å². The molecule has 0 fully saturated rings. The number of ether oxygens (including phenoxy) is 1. The van der Waals surface area contributed by atoms with Gasteiger partial charge in [0.2, 0.25) is 0 Å². The molecule has 3 N–H and O–H groups in total. The molecule has 102 valence electrons. The van der Waals surface area contributed by atoms with E-state index < -0.39 is 12.5 Å². The van der Waals surface area contributed by atoms with E-state index in [2.05, 4.69) is 4.74 Å². The maximum absolute atomic E-state index is 12.1. The molecule has 0 spiro atoms. The largest absolute Gasteiger partial charge is 0.573 e. The number of rotatable bonds is 5. The van der Waals surface area contributed by atoms with E-state index >= 15 is 0 Å². The number of aliphatic hydroxyl groups is 1. The lowest BCUT2D eigenvalue weighted by atomic mass is 10.0. The van der Waals surface area contributed by atoms with Gasteiger partial charge in [-0.15, -0.1) is 13.2 Å². The molecule has 1 atom stereocenters. The van der Waals surface area contributed by atoms with Crippen molar-refractivity contribution in [2.24, 2.45) is 5.73 Å². The molecule has 6 heteroatoms. The number of nitrogens with two attached hydrogens (primary N) is 1. The lowest BCUT2D eigenvalue weighted by molar-refractivity contribution is -0.274. The van der Waals surface area contributed by atoms with E-state index in [9.17, 15) is 18.3 Å². The average molecular weight is 263 g/mol. The second kappa shape index (κ2) is 6.06. The Hall–Kier alpha value is -1.27. The minimum absolute atomic E-state index is 0.137. The Labute approximate surface area is 103 Å². The molecule has 1 aromatic carbocycles. The first-order chi connectivity index (χ1) is 8.30. The molecule has 1 rings (SSSR count).